The lowest BCUT2D eigenvalue weighted by molar-refractivity contribution is 0.0746. The third kappa shape index (κ3) is 5.14. The van der Waals surface area contributed by atoms with Gasteiger partial charge in [-0.1, -0.05) is 60.2 Å². The molecule has 0 spiro atoms. The van der Waals surface area contributed by atoms with Crippen molar-refractivity contribution in [1.29, 1.82) is 0 Å². The van der Waals surface area contributed by atoms with Gasteiger partial charge in [0.05, 0.1) is 0 Å². The molecule has 1 amide bonds. The van der Waals surface area contributed by atoms with Gasteiger partial charge in [-0.2, -0.15) is 0 Å². The normalized spacial score (nSPS) is 10.4. The van der Waals surface area contributed by atoms with Crippen molar-refractivity contribution in [1.82, 2.24) is 14.9 Å². The minimum absolute atomic E-state index is 0.0952. The van der Waals surface area contributed by atoms with Crippen LogP contribution in [0.1, 0.15) is 34.1 Å². The number of carbonyl (C=O) groups excluding carboxylic acids is 1. The van der Waals surface area contributed by atoms with Crippen LogP contribution in [0.15, 0.2) is 66.9 Å². The maximum Gasteiger partial charge on any atom is 0.272 e. The van der Waals surface area contributed by atoms with E-state index in [2.05, 4.69) is 46.5 Å². The Kier molecular flexibility index (Phi) is 6.15. The van der Waals surface area contributed by atoms with E-state index in [1.165, 1.54) is 5.56 Å². The van der Waals surface area contributed by atoms with Crippen molar-refractivity contribution >= 4 is 11.9 Å². The Morgan fingerprint density at radius 3 is 2.44 bits per heavy atom. The highest BCUT2D eigenvalue weighted by Crippen LogP contribution is 2.11. The standard InChI is InChI=1S/C22H24N4O/c1-3-26(16-19-7-5-4-6-8-19)21(27)20-13-14-23-22(25-20)24-15-18-11-9-17(2)10-12-18/h4-14H,3,15-16H2,1-2H3,(H,23,24,25). The number of amides is 1. The van der Waals surface area contributed by atoms with E-state index in [1.54, 1.807) is 17.2 Å². The lowest BCUT2D eigenvalue weighted by Gasteiger charge is -2.20. The van der Waals surface area contributed by atoms with Crippen LogP contribution in [0.4, 0.5) is 5.95 Å². The second kappa shape index (κ2) is 8.94. The molecule has 0 bridgehead atoms. The predicted octanol–water partition coefficient (Wildman–Crippen LogP) is 4.06. The number of anilines is 1. The van der Waals surface area contributed by atoms with Crippen molar-refractivity contribution in [3.63, 3.8) is 0 Å². The van der Waals surface area contributed by atoms with Crippen molar-refractivity contribution in [3.05, 3.63) is 89.2 Å². The average molecular weight is 360 g/mol. The van der Waals surface area contributed by atoms with Crippen LogP contribution in [0.2, 0.25) is 0 Å². The number of nitrogens with zero attached hydrogens (tertiary/aromatic N) is 3. The number of benzene rings is 2. The van der Waals surface area contributed by atoms with Crippen molar-refractivity contribution in [3.8, 4) is 0 Å². The van der Waals surface area contributed by atoms with E-state index in [0.717, 1.165) is 11.1 Å². The summed E-state index contributed by atoms with van der Waals surface area (Å²) in [6.07, 6.45) is 1.62. The molecule has 138 valence electrons. The third-order valence-corrected chi connectivity index (χ3v) is 4.33. The molecule has 0 atom stereocenters. The maximum atomic E-state index is 12.9. The van der Waals surface area contributed by atoms with Gasteiger partial charge in [0.2, 0.25) is 5.95 Å². The topological polar surface area (TPSA) is 58.1 Å². The van der Waals surface area contributed by atoms with Crippen molar-refractivity contribution in [2.24, 2.45) is 0 Å². The second-order valence-corrected chi connectivity index (χ2v) is 6.41. The van der Waals surface area contributed by atoms with Crippen LogP contribution in [-0.2, 0) is 13.1 Å². The molecule has 0 aliphatic heterocycles. The highest BCUT2D eigenvalue weighted by atomic mass is 16.2. The molecular weight excluding hydrogens is 336 g/mol. The van der Waals surface area contributed by atoms with Gasteiger partial charge in [0.15, 0.2) is 0 Å². The molecule has 0 aliphatic rings. The minimum Gasteiger partial charge on any atom is -0.350 e. The van der Waals surface area contributed by atoms with E-state index < -0.39 is 0 Å². The molecule has 0 radical (unpaired) electrons. The number of nitrogens with one attached hydrogen (secondary N) is 1. The summed E-state index contributed by atoms with van der Waals surface area (Å²) in [5, 5.41) is 3.19. The number of hydrogen-bond donors (Lipinski definition) is 1. The fourth-order valence-electron chi connectivity index (χ4n) is 2.74. The first kappa shape index (κ1) is 18.6. The molecule has 2 aromatic carbocycles. The molecule has 0 saturated heterocycles. The third-order valence-electron chi connectivity index (χ3n) is 4.33. The summed E-state index contributed by atoms with van der Waals surface area (Å²) in [6, 6.07) is 19.9. The van der Waals surface area contributed by atoms with Gasteiger partial charge in [-0.15, -0.1) is 0 Å². The van der Waals surface area contributed by atoms with E-state index in [1.807, 2.05) is 37.3 Å². The van der Waals surface area contributed by atoms with Gasteiger partial charge in [0.25, 0.3) is 5.91 Å². The summed E-state index contributed by atoms with van der Waals surface area (Å²) in [5.74, 6) is 0.360. The Bertz CT molecular complexity index is 878. The lowest BCUT2D eigenvalue weighted by atomic mass is 10.1. The van der Waals surface area contributed by atoms with Gasteiger partial charge in [-0.05, 0) is 31.0 Å². The number of carbonyl (C=O) groups is 1. The predicted molar refractivity (Wildman–Crippen MR) is 107 cm³/mol. The van der Waals surface area contributed by atoms with Gasteiger partial charge in [-0.3, -0.25) is 4.79 Å². The van der Waals surface area contributed by atoms with Crippen LogP contribution in [0.3, 0.4) is 0 Å². The molecule has 1 aromatic heterocycles. The Balaban J connectivity index is 1.67. The van der Waals surface area contributed by atoms with Gasteiger partial charge in [0, 0.05) is 25.8 Å². The molecule has 0 saturated carbocycles. The molecule has 0 fully saturated rings. The molecule has 0 aliphatic carbocycles. The summed E-state index contributed by atoms with van der Waals surface area (Å²) in [5.41, 5.74) is 3.86. The molecule has 5 heteroatoms. The van der Waals surface area contributed by atoms with E-state index in [4.69, 9.17) is 0 Å². The van der Waals surface area contributed by atoms with Crippen LogP contribution in [-0.4, -0.2) is 27.3 Å². The molecule has 5 nitrogen and oxygen atoms in total. The lowest BCUT2D eigenvalue weighted by Crippen LogP contribution is -2.31. The van der Waals surface area contributed by atoms with Crippen molar-refractivity contribution in [2.75, 3.05) is 11.9 Å². The Labute approximate surface area is 160 Å². The minimum atomic E-state index is -0.0952. The fourth-order valence-corrected chi connectivity index (χ4v) is 2.74. The monoisotopic (exact) mass is 360 g/mol. The van der Waals surface area contributed by atoms with E-state index in [9.17, 15) is 4.79 Å². The van der Waals surface area contributed by atoms with Crippen LogP contribution in [0.5, 0.6) is 0 Å². The van der Waals surface area contributed by atoms with Crippen molar-refractivity contribution < 1.29 is 4.79 Å². The zero-order valence-electron chi connectivity index (χ0n) is 15.7. The van der Waals surface area contributed by atoms with Crippen LogP contribution < -0.4 is 5.32 Å². The molecule has 1 N–H and O–H groups in total. The first-order valence-electron chi connectivity index (χ1n) is 9.11. The zero-order valence-corrected chi connectivity index (χ0v) is 15.7. The van der Waals surface area contributed by atoms with Gasteiger partial charge in [-0.25, -0.2) is 9.97 Å². The average Bonchev–Trinajstić information content (AvgIpc) is 2.72. The van der Waals surface area contributed by atoms with Crippen molar-refractivity contribution in [2.45, 2.75) is 26.9 Å². The molecule has 3 aromatic rings. The summed E-state index contributed by atoms with van der Waals surface area (Å²) >= 11 is 0. The van der Waals surface area contributed by atoms with E-state index in [0.29, 0.717) is 31.3 Å². The number of aryl methyl sites for hydroxylation is 1. The largest absolute Gasteiger partial charge is 0.350 e. The summed E-state index contributed by atoms with van der Waals surface area (Å²) < 4.78 is 0. The van der Waals surface area contributed by atoms with Gasteiger partial charge >= 0.3 is 0 Å². The van der Waals surface area contributed by atoms with Crippen LogP contribution in [0.25, 0.3) is 0 Å². The van der Waals surface area contributed by atoms with Crippen LogP contribution >= 0.6 is 0 Å². The quantitative estimate of drug-likeness (QED) is 0.690. The number of rotatable bonds is 7. The molecule has 0 unspecified atom stereocenters. The van der Waals surface area contributed by atoms with Gasteiger partial charge < -0.3 is 10.2 Å². The summed E-state index contributed by atoms with van der Waals surface area (Å²) in [7, 11) is 0. The zero-order chi connectivity index (χ0) is 19.1. The number of aromatic nitrogens is 2. The fraction of sp³-hybridized carbons (Fsp3) is 0.227. The molecule has 1 heterocycles. The van der Waals surface area contributed by atoms with E-state index >= 15 is 0 Å². The summed E-state index contributed by atoms with van der Waals surface area (Å²) in [4.78, 5) is 23.3. The molecule has 27 heavy (non-hydrogen) atoms. The molecule has 3 rings (SSSR count). The van der Waals surface area contributed by atoms with Crippen LogP contribution in [0, 0.1) is 6.92 Å². The highest BCUT2D eigenvalue weighted by molar-refractivity contribution is 5.92. The Hall–Kier alpha value is -3.21. The van der Waals surface area contributed by atoms with Gasteiger partial charge in [0.1, 0.15) is 5.69 Å². The maximum absolute atomic E-state index is 12.9. The SMILES string of the molecule is CCN(Cc1ccccc1)C(=O)c1ccnc(NCc2ccc(C)cc2)n1. The smallest absolute Gasteiger partial charge is 0.272 e. The second-order valence-electron chi connectivity index (χ2n) is 6.41. The first-order chi connectivity index (χ1) is 13.2. The molecular formula is C22H24N4O. The van der Waals surface area contributed by atoms with E-state index in [-0.39, 0.29) is 5.91 Å². The number of hydrogen-bond acceptors (Lipinski definition) is 4. The Morgan fingerprint density at radius 2 is 1.74 bits per heavy atom. The Morgan fingerprint density at radius 1 is 1.00 bits per heavy atom. The highest BCUT2D eigenvalue weighted by Gasteiger charge is 2.16. The summed E-state index contributed by atoms with van der Waals surface area (Å²) in [6.45, 7) is 5.82. The first-order valence-corrected chi connectivity index (χ1v) is 9.11.